The summed E-state index contributed by atoms with van der Waals surface area (Å²) in [4.78, 5) is 21.3. The first kappa shape index (κ1) is 18.9. The quantitative estimate of drug-likeness (QED) is 0.654. The number of nitrogens with zero attached hydrogens (tertiary/aromatic N) is 3. The summed E-state index contributed by atoms with van der Waals surface area (Å²) in [5.74, 6) is -2.11. The minimum atomic E-state index is -0.873. The van der Waals surface area contributed by atoms with Crippen LogP contribution in [-0.4, -0.2) is 55.2 Å². The van der Waals surface area contributed by atoms with E-state index in [0.29, 0.717) is 31.4 Å². The summed E-state index contributed by atoms with van der Waals surface area (Å²) >= 11 is 1.38. The highest BCUT2D eigenvalue weighted by Gasteiger charge is 2.25. The lowest BCUT2D eigenvalue weighted by molar-refractivity contribution is 0.0391. The maximum absolute atomic E-state index is 14.2. The van der Waals surface area contributed by atoms with Crippen molar-refractivity contribution >= 4 is 32.6 Å². The third-order valence-electron chi connectivity index (χ3n) is 4.66. The van der Waals surface area contributed by atoms with Gasteiger partial charge < -0.3 is 4.74 Å². The number of rotatable bonds is 5. The summed E-state index contributed by atoms with van der Waals surface area (Å²) in [7, 11) is 0. The van der Waals surface area contributed by atoms with E-state index in [1.807, 2.05) is 24.3 Å². The first-order chi connectivity index (χ1) is 13.6. The van der Waals surface area contributed by atoms with E-state index in [0.717, 1.165) is 35.4 Å². The normalized spacial score (nSPS) is 15.1. The van der Waals surface area contributed by atoms with Crippen LogP contribution in [0.3, 0.4) is 0 Å². The molecule has 0 N–H and O–H groups in total. The van der Waals surface area contributed by atoms with Gasteiger partial charge in [-0.25, -0.2) is 13.8 Å². The largest absolute Gasteiger partial charge is 0.379 e. The maximum Gasteiger partial charge on any atom is 0.263 e. The molecule has 28 heavy (non-hydrogen) atoms. The highest BCUT2D eigenvalue weighted by atomic mass is 32.1. The second kappa shape index (κ2) is 8.30. The number of hydrogen-bond acceptors (Lipinski definition) is 5. The molecule has 1 amide bonds. The van der Waals surface area contributed by atoms with Crippen LogP contribution in [0.15, 0.2) is 42.5 Å². The molecule has 0 bridgehead atoms. The predicted octanol–water partition coefficient (Wildman–Crippen LogP) is 3.55. The Bertz CT molecular complexity index is 955. The number of amides is 1. The number of anilines is 1. The molecular formula is C20H19F2N3O2S. The summed E-state index contributed by atoms with van der Waals surface area (Å²) < 4.78 is 33.8. The molecule has 4 rings (SSSR count). The molecule has 146 valence electrons. The van der Waals surface area contributed by atoms with Gasteiger partial charge in [-0.3, -0.25) is 14.6 Å². The van der Waals surface area contributed by atoms with E-state index < -0.39 is 17.5 Å². The Morgan fingerprint density at radius 2 is 1.96 bits per heavy atom. The van der Waals surface area contributed by atoms with Crippen LogP contribution in [0.1, 0.15) is 10.4 Å². The van der Waals surface area contributed by atoms with Crippen LogP contribution < -0.4 is 4.90 Å². The lowest BCUT2D eigenvalue weighted by Gasteiger charge is -2.29. The van der Waals surface area contributed by atoms with Gasteiger partial charge in [0.15, 0.2) is 5.13 Å². The summed E-state index contributed by atoms with van der Waals surface area (Å²) in [5.41, 5.74) is 0.619. The number of carbonyl (C=O) groups is 1. The Morgan fingerprint density at radius 1 is 1.18 bits per heavy atom. The first-order valence-corrected chi connectivity index (χ1v) is 9.86. The van der Waals surface area contributed by atoms with Crippen LogP contribution in [0.4, 0.5) is 13.9 Å². The number of halogens is 2. The van der Waals surface area contributed by atoms with Gasteiger partial charge in [-0.05, 0) is 24.3 Å². The molecule has 0 aliphatic carbocycles. The van der Waals surface area contributed by atoms with Gasteiger partial charge in [-0.1, -0.05) is 23.5 Å². The summed E-state index contributed by atoms with van der Waals surface area (Å²) in [6.07, 6.45) is 0. The van der Waals surface area contributed by atoms with Crippen LogP contribution in [0, 0.1) is 11.6 Å². The average Bonchev–Trinajstić information content (AvgIpc) is 3.12. The van der Waals surface area contributed by atoms with Crippen LogP contribution in [0.25, 0.3) is 10.2 Å². The molecule has 0 saturated carbocycles. The molecule has 0 atom stereocenters. The summed E-state index contributed by atoms with van der Waals surface area (Å²) in [6, 6.07) is 10.6. The smallest absolute Gasteiger partial charge is 0.263 e. The van der Waals surface area contributed by atoms with E-state index in [2.05, 4.69) is 9.88 Å². The number of carbonyl (C=O) groups excluding carboxylic acids is 1. The zero-order valence-corrected chi connectivity index (χ0v) is 15.9. The monoisotopic (exact) mass is 403 g/mol. The van der Waals surface area contributed by atoms with Gasteiger partial charge in [-0.2, -0.15) is 0 Å². The Kier molecular flexibility index (Phi) is 5.61. The van der Waals surface area contributed by atoms with Crippen LogP contribution in [0.2, 0.25) is 0 Å². The predicted molar refractivity (Wildman–Crippen MR) is 105 cm³/mol. The van der Waals surface area contributed by atoms with E-state index in [1.165, 1.54) is 22.3 Å². The van der Waals surface area contributed by atoms with E-state index in [9.17, 15) is 13.6 Å². The fourth-order valence-corrected chi connectivity index (χ4v) is 4.12. The molecule has 1 saturated heterocycles. The Hall–Kier alpha value is -2.42. The minimum absolute atomic E-state index is 0.164. The number of morpholine rings is 1. The van der Waals surface area contributed by atoms with Crippen LogP contribution in [0.5, 0.6) is 0 Å². The summed E-state index contributed by atoms with van der Waals surface area (Å²) in [6.45, 7) is 3.85. The van der Waals surface area contributed by atoms with Crippen molar-refractivity contribution in [1.82, 2.24) is 9.88 Å². The van der Waals surface area contributed by atoms with Crippen molar-refractivity contribution in [3.63, 3.8) is 0 Å². The van der Waals surface area contributed by atoms with Gasteiger partial charge in [0.1, 0.15) is 11.6 Å². The molecule has 1 aliphatic rings. The summed E-state index contributed by atoms with van der Waals surface area (Å²) in [5, 5.41) is 0.503. The van der Waals surface area contributed by atoms with Crippen molar-refractivity contribution in [2.24, 2.45) is 0 Å². The highest BCUT2D eigenvalue weighted by Crippen LogP contribution is 2.30. The van der Waals surface area contributed by atoms with E-state index >= 15 is 0 Å². The zero-order chi connectivity index (χ0) is 19.5. The third kappa shape index (κ3) is 4.04. The molecule has 0 spiro atoms. The van der Waals surface area contributed by atoms with Gasteiger partial charge in [0.2, 0.25) is 0 Å². The number of para-hydroxylation sites is 1. The molecule has 1 aliphatic heterocycles. The number of ether oxygens (including phenoxy) is 1. The Morgan fingerprint density at radius 3 is 2.71 bits per heavy atom. The van der Waals surface area contributed by atoms with Crippen LogP contribution in [-0.2, 0) is 4.74 Å². The molecule has 0 unspecified atom stereocenters. The molecule has 5 nitrogen and oxygen atoms in total. The number of aromatic nitrogens is 1. The molecule has 2 aromatic carbocycles. The Balaban J connectivity index is 1.64. The molecule has 2 heterocycles. The first-order valence-electron chi connectivity index (χ1n) is 9.04. The molecule has 1 aromatic heterocycles. The Labute approximate surface area is 165 Å². The van der Waals surface area contributed by atoms with Crippen molar-refractivity contribution in [3.8, 4) is 0 Å². The number of thiazole rings is 1. The minimum Gasteiger partial charge on any atom is -0.379 e. The topological polar surface area (TPSA) is 45.7 Å². The van der Waals surface area contributed by atoms with E-state index in [1.54, 1.807) is 0 Å². The molecule has 3 aromatic rings. The van der Waals surface area contributed by atoms with Gasteiger partial charge in [0, 0.05) is 32.2 Å². The van der Waals surface area contributed by atoms with E-state index in [4.69, 9.17) is 4.74 Å². The van der Waals surface area contributed by atoms with Crippen molar-refractivity contribution in [3.05, 3.63) is 59.7 Å². The second-order valence-electron chi connectivity index (χ2n) is 6.50. The van der Waals surface area contributed by atoms with Gasteiger partial charge >= 0.3 is 0 Å². The van der Waals surface area contributed by atoms with Gasteiger partial charge in [-0.15, -0.1) is 0 Å². The van der Waals surface area contributed by atoms with Crippen molar-refractivity contribution < 1.29 is 18.3 Å². The highest BCUT2D eigenvalue weighted by molar-refractivity contribution is 7.22. The lowest BCUT2D eigenvalue weighted by atomic mass is 10.2. The van der Waals surface area contributed by atoms with Gasteiger partial charge in [0.25, 0.3) is 5.91 Å². The fraction of sp³-hybridized carbons (Fsp3) is 0.300. The van der Waals surface area contributed by atoms with Crippen molar-refractivity contribution in [2.45, 2.75) is 0 Å². The number of hydrogen-bond donors (Lipinski definition) is 0. The van der Waals surface area contributed by atoms with Crippen molar-refractivity contribution in [1.29, 1.82) is 0 Å². The third-order valence-corrected chi connectivity index (χ3v) is 5.72. The maximum atomic E-state index is 14.2. The zero-order valence-electron chi connectivity index (χ0n) is 15.1. The number of benzene rings is 2. The second-order valence-corrected chi connectivity index (χ2v) is 7.51. The molecular weight excluding hydrogens is 384 g/mol. The standard InChI is InChI=1S/C20H19F2N3O2S/c21-14-5-6-15(16(22)13-14)19(26)25(8-7-24-9-11-27-12-10-24)20-23-17-3-1-2-4-18(17)28-20/h1-6,13H,7-12H2. The lowest BCUT2D eigenvalue weighted by Crippen LogP contribution is -2.43. The SMILES string of the molecule is O=C(c1ccc(F)cc1F)N(CCN1CCOCC1)c1nc2ccccc2s1. The number of fused-ring (bicyclic) bond motifs is 1. The molecule has 8 heteroatoms. The average molecular weight is 403 g/mol. The van der Waals surface area contributed by atoms with E-state index in [-0.39, 0.29) is 5.56 Å². The molecule has 1 fully saturated rings. The van der Waals surface area contributed by atoms with Crippen molar-refractivity contribution in [2.75, 3.05) is 44.3 Å². The fourth-order valence-electron chi connectivity index (χ4n) is 3.13. The van der Waals surface area contributed by atoms with Gasteiger partial charge in [0.05, 0.1) is 29.0 Å². The molecule has 0 radical (unpaired) electrons. The van der Waals surface area contributed by atoms with Crippen LogP contribution >= 0.6 is 11.3 Å².